The van der Waals surface area contributed by atoms with E-state index < -0.39 is 5.97 Å². The van der Waals surface area contributed by atoms with Crippen molar-refractivity contribution >= 4 is 17.7 Å². The smallest absolute Gasteiger partial charge is 0.337 e. The molecular weight excluding hydrogens is 184 g/mol. The van der Waals surface area contributed by atoms with Gasteiger partial charge in [-0.1, -0.05) is 0 Å². The van der Waals surface area contributed by atoms with Crippen LogP contribution < -0.4 is 11.1 Å². The fraction of sp³-hybridized carbons (Fsp3) is 0.125. The molecule has 0 atom stereocenters. The third kappa shape index (κ3) is 2.44. The standard InChI is InChI=1S/C8H10N4O2/c1-10-8(9)12-6-3-2-5(4-11-6)7(13)14/h2-4H,1H3,(H,13,14)(H3,9,10,11,12). The minimum Gasteiger partial charge on any atom is -0.478 e. The van der Waals surface area contributed by atoms with E-state index in [1.54, 1.807) is 0 Å². The van der Waals surface area contributed by atoms with Crippen LogP contribution in [0, 0.1) is 0 Å². The maximum atomic E-state index is 10.5. The van der Waals surface area contributed by atoms with E-state index in [2.05, 4.69) is 15.3 Å². The van der Waals surface area contributed by atoms with E-state index in [4.69, 9.17) is 10.8 Å². The first-order valence-electron chi connectivity index (χ1n) is 3.82. The summed E-state index contributed by atoms with van der Waals surface area (Å²) in [7, 11) is 1.54. The molecule has 0 spiro atoms. The zero-order valence-electron chi connectivity index (χ0n) is 7.56. The molecule has 0 radical (unpaired) electrons. The van der Waals surface area contributed by atoms with E-state index in [0.717, 1.165) is 0 Å². The molecule has 14 heavy (non-hydrogen) atoms. The van der Waals surface area contributed by atoms with E-state index in [1.807, 2.05) is 0 Å². The van der Waals surface area contributed by atoms with Gasteiger partial charge in [-0.2, -0.15) is 0 Å². The number of rotatable bonds is 2. The lowest BCUT2D eigenvalue weighted by atomic mass is 10.3. The van der Waals surface area contributed by atoms with Gasteiger partial charge in [0.1, 0.15) is 5.82 Å². The van der Waals surface area contributed by atoms with Gasteiger partial charge in [0.25, 0.3) is 0 Å². The van der Waals surface area contributed by atoms with Crippen LogP contribution in [-0.2, 0) is 0 Å². The van der Waals surface area contributed by atoms with Gasteiger partial charge in [-0.05, 0) is 12.1 Å². The van der Waals surface area contributed by atoms with Gasteiger partial charge in [-0.25, -0.2) is 9.78 Å². The van der Waals surface area contributed by atoms with Crippen molar-refractivity contribution in [2.75, 3.05) is 12.4 Å². The van der Waals surface area contributed by atoms with Crippen LogP contribution in [0.15, 0.2) is 23.3 Å². The van der Waals surface area contributed by atoms with Crippen molar-refractivity contribution in [3.8, 4) is 0 Å². The number of carboxylic acid groups (broad SMARTS) is 1. The molecule has 4 N–H and O–H groups in total. The first-order chi connectivity index (χ1) is 6.63. The van der Waals surface area contributed by atoms with Gasteiger partial charge in [0.05, 0.1) is 5.56 Å². The number of carboxylic acids is 1. The van der Waals surface area contributed by atoms with Crippen LogP contribution >= 0.6 is 0 Å². The molecule has 74 valence electrons. The highest BCUT2D eigenvalue weighted by Gasteiger charge is 2.02. The topological polar surface area (TPSA) is 101 Å². The molecule has 0 aliphatic heterocycles. The van der Waals surface area contributed by atoms with Crippen molar-refractivity contribution in [1.29, 1.82) is 0 Å². The molecule has 0 unspecified atom stereocenters. The van der Waals surface area contributed by atoms with E-state index in [9.17, 15) is 4.79 Å². The minimum absolute atomic E-state index is 0.127. The Morgan fingerprint density at radius 3 is 2.79 bits per heavy atom. The Kier molecular flexibility index (Phi) is 3.01. The van der Waals surface area contributed by atoms with Crippen LogP contribution in [0.5, 0.6) is 0 Å². The van der Waals surface area contributed by atoms with Gasteiger partial charge in [-0.15, -0.1) is 0 Å². The molecule has 1 aromatic heterocycles. The van der Waals surface area contributed by atoms with Gasteiger partial charge in [0.2, 0.25) is 0 Å². The first kappa shape index (κ1) is 9.97. The van der Waals surface area contributed by atoms with Gasteiger partial charge in [0, 0.05) is 13.2 Å². The molecule has 0 aromatic carbocycles. The van der Waals surface area contributed by atoms with Crippen LogP contribution in [0.2, 0.25) is 0 Å². The Hall–Kier alpha value is -2.11. The number of nitrogens with two attached hydrogens (primary N) is 1. The Bertz CT molecular complexity index is 358. The number of carbonyl (C=O) groups is 1. The third-order valence-electron chi connectivity index (χ3n) is 1.51. The predicted octanol–water partition coefficient (Wildman–Crippen LogP) is 0.136. The summed E-state index contributed by atoms with van der Waals surface area (Å²) in [6, 6.07) is 2.95. The molecule has 0 amide bonds. The Morgan fingerprint density at radius 1 is 1.64 bits per heavy atom. The Morgan fingerprint density at radius 2 is 2.36 bits per heavy atom. The van der Waals surface area contributed by atoms with E-state index >= 15 is 0 Å². The normalized spacial score (nSPS) is 11.1. The molecule has 1 aromatic rings. The molecular formula is C8H10N4O2. The second kappa shape index (κ2) is 4.22. The van der Waals surface area contributed by atoms with E-state index in [1.165, 1.54) is 25.4 Å². The third-order valence-corrected chi connectivity index (χ3v) is 1.51. The summed E-state index contributed by atoms with van der Waals surface area (Å²) in [4.78, 5) is 18.0. The number of nitrogens with one attached hydrogen (secondary N) is 1. The molecule has 0 saturated carbocycles. The number of hydrogen-bond donors (Lipinski definition) is 3. The van der Waals surface area contributed by atoms with Crippen molar-refractivity contribution in [1.82, 2.24) is 4.98 Å². The zero-order chi connectivity index (χ0) is 10.6. The fourth-order valence-electron chi connectivity index (χ4n) is 0.781. The molecule has 6 nitrogen and oxygen atoms in total. The van der Waals surface area contributed by atoms with Crippen LogP contribution in [0.25, 0.3) is 0 Å². The molecule has 1 heterocycles. The minimum atomic E-state index is -1.01. The van der Waals surface area contributed by atoms with Crippen molar-refractivity contribution in [3.63, 3.8) is 0 Å². The highest BCUT2D eigenvalue weighted by atomic mass is 16.4. The largest absolute Gasteiger partial charge is 0.478 e. The lowest BCUT2D eigenvalue weighted by Crippen LogP contribution is -2.22. The summed E-state index contributed by atoms with van der Waals surface area (Å²) >= 11 is 0. The molecule has 1 rings (SSSR count). The van der Waals surface area contributed by atoms with Gasteiger partial charge < -0.3 is 16.2 Å². The van der Waals surface area contributed by atoms with Crippen molar-refractivity contribution in [3.05, 3.63) is 23.9 Å². The number of hydrogen-bond acceptors (Lipinski definition) is 3. The van der Waals surface area contributed by atoms with Gasteiger partial charge in [0.15, 0.2) is 5.96 Å². The molecule has 6 heteroatoms. The number of aromatic carboxylic acids is 1. The van der Waals surface area contributed by atoms with Crippen LogP contribution in [0.1, 0.15) is 10.4 Å². The van der Waals surface area contributed by atoms with Gasteiger partial charge >= 0.3 is 5.97 Å². The van der Waals surface area contributed by atoms with E-state index in [0.29, 0.717) is 5.82 Å². The molecule has 0 aliphatic carbocycles. The number of anilines is 1. The molecule has 0 saturated heterocycles. The first-order valence-corrected chi connectivity index (χ1v) is 3.82. The average molecular weight is 194 g/mol. The molecule has 0 fully saturated rings. The van der Waals surface area contributed by atoms with Crippen LogP contribution in [0.3, 0.4) is 0 Å². The Labute approximate surface area is 80.5 Å². The summed E-state index contributed by atoms with van der Waals surface area (Å²) in [6.07, 6.45) is 1.24. The maximum absolute atomic E-state index is 10.5. The van der Waals surface area contributed by atoms with E-state index in [-0.39, 0.29) is 11.5 Å². The summed E-state index contributed by atoms with van der Waals surface area (Å²) in [5.41, 5.74) is 5.51. The summed E-state index contributed by atoms with van der Waals surface area (Å²) in [5.74, 6) is -0.333. The monoisotopic (exact) mass is 194 g/mol. The van der Waals surface area contributed by atoms with Crippen molar-refractivity contribution < 1.29 is 9.90 Å². The summed E-state index contributed by atoms with van der Waals surface area (Å²) in [5, 5.41) is 11.3. The van der Waals surface area contributed by atoms with Crippen LogP contribution in [-0.4, -0.2) is 29.1 Å². The van der Waals surface area contributed by atoms with Gasteiger partial charge in [-0.3, -0.25) is 4.99 Å². The second-order valence-electron chi connectivity index (χ2n) is 2.47. The van der Waals surface area contributed by atoms with Crippen molar-refractivity contribution in [2.45, 2.75) is 0 Å². The summed E-state index contributed by atoms with van der Waals surface area (Å²) < 4.78 is 0. The molecule has 0 aliphatic rings. The number of guanidine groups is 1. The van der Waals surface area contributed by atoms with Crippen molar-refractivity contribution in [2.24, 2.45) is 10.7 Å². The lowest BCUT2D eigenvalue weighted by Gasteiger charge is -2.02. The highest BCUT2D eigenvalue weighted by molar-refractivity contribution is 5.92. The quantitative estimate of drug-likeness (QED) is 0.459. The lowest BCUT2D eigenvalue weighted by molar-refractivity contribution is 0.0696. The predicted molar refractivity (Wildman–Crippen MR) is 52.4 cm³/mol. The number of nitrogens with zero attached hydrogens (tertiary/aromatic N) is 2. The average Bonchev–Trinajstić information content (AvgIpc) is 2.18. The molecule has 0 bridgehead atoms. The van der Waals surface area contributed by atoms with Crippen LogP contribution in [0.4, 0.5) is 5.82 Å². The fourth-order valence-corrected chi connectivity index (χ4v) is 0.781. The number of pyridine rings is 1. The number of aliphatic imine (C=N–C) groups is 1. The maximum Gasteiger partial charge on any atom is 0.337 e. The zero-order valence-corrected chi connectivity index (χ0v) is 7.56. The summed E-state index contributed by atoms with van der Waals surface area (Å²) in [6.45, 7) is 0. The second-order valence-corrected chi connectivity index (χ2v) is 2.47. The Balaban J connectivity index is 2.79. The SMILES string of the molecule is CN=C(N)Nc1ccc(C(=O)O)cn1. The highest BCUT2D eigenvalue weighted by Crippen LogP contribution is 2.04. The number of aromatic nitrogens is 1.